The fraction of sp³-hybridized carbons (Fsp3) is 0.500. The van der Waals surface area contributed by atoms with E-state index in [-0.39, 0.29) is 0 Å². The molecule has 58 valence electrons. The Morgan fingerprint density at radius 1 is 1.10 bits per heavy atom. The molecule has 0 rings (SSSR count). The Labute approximate surface area is 52.8 Å². The number of rotatable bonds is 3. The molecule has 2 nitrogen and oxygen atoms in total. The Morgan fingerprint density at radius 3 is 1.60 bits per heavy atom. The van der Waals surface area contributed by atoms with E-state index in [0.717, 1.165) is 0 Å². The molecule has 0 saturated heterocycles. The highest BCUT2D eigenvalue weighted by Gasteiger charge is 2.32. The molecule has 0 bridgehead atoms. The summed E-state index contributed by atoms with van der Waals surface area (Å²) in [5.41, 5.74) is 0. The number of carbonyl (C=O) groups excluding carboxylic acids is 2. The third-order valence-electron chi connectivity index (χ3n) is 0.664. The van der Waals surface area contributed by atoms with Gasteiger partial charge in [0.1, 0.15) is 0 Å². The number of hydrogen-bond acceptors (Lipinski definition) is 2. The van der Waals surface area contributed by atoms with Crippen molar-refractivity contribution in [2.45, 2.75) is 12.6 Å². The maximum absolute atomic E-state index is 11.6. The Kier molecular flexibility index (Phi) is 2.98. The van der Waals surface area contributed by atoms with E-state index < -0.39 is 24.4 Å². The van der Waals surface area contributed by atoms with Crippen LogP contribution in [0, 0.1) is 0 Å². The minimum absolute atomic E-state index is 2.34. The van der Waals surface area contributed by atoms with Crippen molar-refractivity contribution in [1.82, 2.24) is 0 Å². The van der Waals surface area contributed by atoms with Gasteiger partial charge in [-0.1, -0.05) is 0 Å². The first-order chi connectivity index (χ1) is 4.46. The molecule has 0 aromatic rings. The van der Waals surface area contributed by atoms with Crippen LogP contribution in [0.1, 0.15) is 0 Å². The highest BCUT2D eigenvalue weighted by molar-refractivity contribution is 6.02. The van der Waals surface area contributed by atoms with Gasteiger partial charge in [0.2, 0.25) is 5.78 Å². The lowest BCUT2D eigenvalue weighted by Crippen LogP contribution is -2.28. The smallest absolute Gasteiger partial charge is 0.289 e. The van der Waals surface area contributed by atoms with Crippen molar-refractivity contribution < 1.29 is 27.2 Å². The molecule has 0 spiro atoms. The average molecular weight is 158 g/mol. The van der Waals surface area contributed by atoms with Crippen LogP contribution in [0.25, 0.3) is 0 Å². The zero-order valence-electron chi connectivity index (χ0n) is 4.48. The van der Waals surface area contributed by atoms with E-state index in [2.05, 4.69) is 0 Å². The molecule has 0 radical (unpaired) electrons. The van der Waals surface area contributed by atoms with Gasteiger partial charge in [0.15, 0.2) is 0 Å². The van der Waals surface area contributed by atoms with Gasteiger partial charge in [0.25, 0.3) is 12.6 Å². The van der Waals surface area contributed by atoms with Gasteiger partial charge in [0.05, 0.1) is 0 Å². The molecule has 0 fully saturated rings. The molecule has 0 aliphatic heterocycles. The van der Waals surface area contributed by atoms with Crippen molar-refractivity contribution in [3.05, 3.63) is 0 Å². The molecule has 1 unspecified atom stereocenters. The van der Waals surface area contributed by atoms with Gasteiger partial charge in [-0.05, 0) is 0 Å². The summed E-state index contributed by atoms with van der Waals surface area (Å²) in [6.07, 6.45) is -6.98. The van der Waals surface area contributed by atoms with Crippen LogP contribution in [-0.4, -0.2) is 24.4 Å². The summed E-state index contributed by atoms with van der Waals surface area (Å²) in [4.78, 5) is 19.0. The van der Waals surface area contributed by atoms with E-state index in [1.54, 1.807) is 0 Å². The number of ketones is 1. The molecule has 10 heavy (non-hydrogen) atoms. The second-order valence-electron chi connectivity index (χ2n) is 1.37. The molecule has 0 saturated carbocycles. The SMILES string of the molecule is O=C(F)C(F)C(=O)C(F)F. The van der Waals surface area contributed by atoms with Crippen LogP contribution in [0.3, 0.4) is 0 Å². The third kappa shape index (κ3) is 2.12. The highest BCUT2D eigenvalue weighted by atomic mass is 19.3. The second kappa shape index (κ2) is 3.28. The fourth-order valence-corrected chi connectivity index (χ4v) is 0.222. The maximum Gasteiger partial charge on any atom is 0.343 e. The predicted molar refractivity (Wildman–Crippen MR) is 22.0 cm³/mol. The first-order valence-corrected chi connectivity index (χ1v) is 2.12. The largest absolute Gasteiger partial charge is 0.343 e. The Morgan fingerprint density at radius 2 is 1.50 bits per heavy atom. The standard InChI is InChI=1S/C4H2F4O2/c5-1(4(8)10)2(9)3(6)7/h1,3H. The quantitative estimate of drug-likeness (QED) is 0.343. The maximum atomic E-state index is 11.6. The van der Waals surface area contributed by atoms with Crippen LogP contribution in [-0.2, 0) is 9.59 Å². The Bertz CT molecular complexity index is 155. The van der Waals surface area contributed by atoms with Gasteiger partial charge in [0, 0.05) is 0 Å². The number of carbonyl (C=O) groups is 2. The summed E-state index contributed by atoms with van der Waals surface area (Å²) in [5.74, 6) is -2.34. The van der Waals surface area contributed by atoms with Crippen molar-refractivity contribution >= 4 is 11.8 Å². The van der Waals surface area contributed by atoms with E-state index in [0.29, 0.717) is 0 Å². The van der Waals surface area contributed by atoms with E-state index in [9.17, 15) is 27.2 Å². The molecule has 0 aromatic carbocycles. The lowest BCUT2D eigenvalue weighted by atomic mass is 10.3. The molecule has 0 heterocycles. The van der Waals surface area contributed by atoms with Gasteiger partial charge < -0.3 is 0 Å². The summed E-state index contributed by atoms with van der Waals surface area (Å²) in [6.45, 7) is 0. The minimum Gasteiger partial charge on any atom is -0.289 e. The molecular weight excluding hydrogens is 156 g/mol. The van der Waals surface area contributed by atoms with Gasteiger partial charge in [-0.25, -0.2) is 13.2 Å². The Hall–Kier alpha value is -0.940. The number of Topliss-reactive ketones (excluding diaryl/α,β-unsaturated/α-hetero) is 1. The molecule has 0 aromatic heterocycles. The molecule has 1 atom stereocenters. The van der Waals surface area contributed by atoms with Gasteiger partial charge in [-0.2, -0.15) is 4.39 Å². The molecule has 6 heteroatoms. The topological polar surface area (TPSA) is 34.1 Å². The second-order valence-corrected chi connectivity index (χ2v) is 1.37. The van der Waals surface area contributed by atoms with Crippen molar-refractivity contribution in [2.24, 2.45) is 0 Å². The minimum atomic E-state index is -3.64. The normalized spacial score (nSPS) is 13.3. The first kappa shape index (κ1) is 9.06. The van der Waals surface area contributed by atoms with Crippen LogP contribution in [0.15, 0.2) is 0 Å². The van der Waals surface area contributed by atoms with Crippen molar-refractivity contribution in [1.29, 1.82) is 0 Å². The van der Waals surface area contributed by atoms with Crippen LogP contribution in [0.2, 0.25) is 0 Å². The average Bonchev–Trinajstić information content (AvgIpc) is 1.84. The molecular formula is C4H2F4O2. The summed E-state index contributed by atoms with van der Waals surface area (Å²) < 4.78 is 45.0. The number of alkyl halides is 3. The Balaban J connectivity index is 4.08. The third-order valence-corrected chi connectivity index (χ3v) is 0.664. The van der Waals surface area contributed by atoms with Crippen LogP contribution in [0.5, 0.6) is 0 Å². The monoisotopic (exact) mass is 158 g/mol. The van der Waals surface area contributed by atoms with Crippen LogP contribution < -0.4 is 0 Å². The van der Waals surface area contributed by atoms with Crippen LogP contribution >= 0.6 is 0 Å². The molecule has 0 amide bonds. The van der Waals surface area contributed by atoms with Crippen molar-refractivity contribution in [2.75, 3.05) is 0 Å². The predicted octanol–water partition coefficient (Wildman–Crippen LogP) is 0.655. The first-order valence-electron chi connectivity index (χ1n) is 2.12. The van der Waals surface area contributed by atoms with Crippen molar-refractivity contribution in [3.63, 3.8) is 0 Å². The summed E-state index contributed by atoms with van der Waals surface area (Å²) in [6, 6.07) is -2.69. The van der Waals surface area contributed by atoms with Gasteiger partial charge in [-0.15, -0.1) is 0 Å². The molecule has 0 N–H and O–H groups in total. The lowest BCUT2D eigenvalue weighted by Gasteiger charge is -1.97. The zero-order valence-corrected chi connectivity index (χ0v) is 4.48. The van der Waals surface area contributed by atoms with Crippen LogP contribution in [0.4, 0.5) is 17.6 Å². The fourth-order valence-electron chi connectivity index (χ4n) is 0.222. The highest BCUT2D eigenvalue weighted by Crippen LogP contribution is 2.04. The van der Waals surface area contributed by atoms with E-state index in [4.69, 9.17) is 0 Å². The number of hydrogen-bond donors (Lipinski definition) is 0. The van der Waals surface area contributed by atoms with Gasteiger partial charge in [-0.3, -0.25) is 9.59 Å². The summed E-state index contributed by atoms with van der Waals surface area (Å²) in [5, 5.41) is 0. The summed E-state index contributed by atoms with van der Waals surface area (Å²) >= 11 is 0. The molecule has 0 aliphatic rings. The van der Waals surface area contributed by atoms with E-state index in [1.165, 1.54) is 0 Å². The molecule has 0 aliphatic carbocycles. The zero-order chi connectivity index (χ0) is 8.31. The van der Waals surface area contributed by atoms with E-state index >= 15 is 0 Å². The number of halogens is 4. The lowest BCUT2D eigenvalue weighted by molar-refractivity contribution is -0.146. The van der Waals surface area contributed by atoms with E-state index in [1.807, 2.05) is 0 Å². The summed E-state index contributed by atoms with van der Waals surface area (Å²) in [7, 11) is 0. The van der Waals surface area contributed by atoms with Gasteiger partial charge >= 0.3 is 6.04 Å². The van der Waals surface area contributed by atoms with Crippen molar-refractivity contribution in [3.8, 4) is 0 Å².